The first kappa shape index (κ1) is 15.7. The lowest BCUT2D eigenvalue weighted by Gasteiger charge is -2.11. The van der Waals surface area contributed by atoms with Gasteiger partial charge >= 0.3 is 6.03 Å². The fourth-order valence-corrected chi connectivity index (χ4v) is 2.17. The number of urea groups is 1. The van der Waals surface area contributed by atoms with Crippen molar-refractivity contribution in [3.05, 3.63) is 53.6 Å². The van der Waals surface area contributed by atoms with Gasteiger partial charge in [0.25, 0.3) is 0 Å². The molecule has 116 valence electrons. The number of methoxy groups -OCH3 is 1. The highest BCUT2D eigenvalue weighted by atomic mass is 16.5. The standard InChI is InChI=1S/C17H21N3O2/c1-12-7-8-14(18)15(11-12)20-17(21)19-10-9-13-5-3-4-6-16(13)22-2/h3-8,11H,9-10,18H2,1-2H3,(H2,19,20,21). The number of nitrogen functional groups attached to an aromatic ring is 1. The molecule has 2 amide bonds. The summed E-state index contributed by atoms with van der Waals surface area (Å²) in [5.74, 6) is 0.827. The number of nitrogens with two attached hydrogens (primary N) is 1. The van der Waals surface area contributed by atoms with Crippen molar-refractivity contribution < 1.29 is 9.53 Å². The fraction of sp³-hybridized carbons (Fsp3) is 0.235. The highest BCUT2D eigenvalue weighted by Crippen LogP contribution is 2.19. The normalized spacial score (nSPS) is 10.1. The Morgan fingerprint density at radius 1 is 1.23 bits per heavy atom. The van der Waals surface area contributed by atoms with Crippen LogP contribution in [0, 0.1) is 6.92 Å². The lowest BCUT2D eigenvalue weighted by Crippen LogP contribution is -2.30. The maximum Gasteiger partial charge on any atom is 0.319 e. The van der Waals surface area contributed by atoms with E-state index in [4.69, 9.17) is 10.5 Å². The molecule has 0 aliphatic rings. The minimum Gasteiger partial charge on any atom is -0.496 e. The van der Waals surface area contributed by atoms with Crippen LogP contribution in [-0.2, 0) is 6.42 Å². The first-order valence-corrected chi connectivity index (χ1v) is 7.13. The Balaban J connectivity index is 1.87. The van der Waals surface area contributed by atoms with Crippen LogP contribution in [0.1, 0.15) is 11.1 Å². The van der Waals surface area contributed by atoms with Crippen LogP contribution in [0.2, 0.25) is 0 Å². The molecule has 22 heavy (non-hydrogen) atoms. The summed E-state index contributed by atoms with van der Waals surface area (Å²) >= 11 is 0. The molecule has 2 aromatic carbocycles. The number of aryl methyl sites for hydroxylation is 1. The van der Waals surface area contributed by atoms with Crippen LogP contribution >= 0.6 is 0 Å². The zero-order chi connectivity index (χ0) is 15.9. The van der Waals surface area contributed by atoms with Gasteiger partial charge in [0.2, 0.25) is 0 Å². The molecule has 5 heteroatoms. The SMILES string of the molecule is COc1ccccc1CCNC(=O)Nc1cc(C)ccc1N. The summed E-state index contributed by atoms with van der Waals surface area (Å²) in [6.45, 7) is 2.46. The second-order valence-electron chi connectivity index (χ2n) is 5.03. The van der Waals surface area contributed by atoms with Crippen molar-refractivity contribution in [3.63, 3.8) is 0 Å². The number of amides is 2. The van der Waals surface area contributed by atoms with Crippen molar-refractivity contribution >= 4 is 17.4 Å². The Morgan fingerprint density at radius 3 is 2.77 bits per heavy atom. The van der Waals surface area contributed by atoms with Crippen LogP contribution in [-0.4, -0.2) is 19.7 Å². The number of ether oxygens (including phenoxy) is 1. The lowest BCUT2D eigenvalue weighted by atomic mass is 10.1. The summed E-state index contributed by atoms with van der Waals surface area (Å²) in [4.78, 5) is 11.9. The summed E-state index contributed by atoms with van der Waals surface area (Å²) in [6, 6.07) is 13.0. The average molecular weight is 299 g/mol. The van der Waals surface area contributed by atoms with Gasteiger partial charge in [-0.05, 0) is 42.7 Å². The van der Waals surface area contributed by atoms with E-state index in [1.54, 1.807) is 13.2 Å². The van der Waals surface area contributed by atoms with Crippen LogP contribution in [0.3, 0.4) is 0 Å². The van der Waals surface area contributed by atoms with Crippen LogP contribution in [0.15, 0.2) is 42.5 Å². The van der Waals surface area contributed by atoms with E-state index in [0.717, 1.165) is 16.9 Å². The topological polar surface area (TPSA) is 76.4 Å². The Labute approximate surface area is 130 Å². The zero-order valence-corrected chi connectivity index (χ0v) is 12.8. The number of para-hydroxylation sites is 1. The van der Waals surface area contributed by atoms with Gasteiger partial charge in [0.1, 0.15) is 5.75 Å². The van der Waals surface area contributed by atoms with Gasteiger partial charge in [0.15, 0.2) is 0 Å². The van der Waals surface area contributed by atoms with E-state index in [1.165, 1.54) is 0 Å². The molecule has 0 spiro atoms. The quantitative estimate of drug-likeness (QED) is 0.743. The number of anilines is 2. The van der Waals surface area contributed by atoms with Gasteiger partial charge in [-0.25, -0.2) is 4.79 Å². The minimum atomic E-state index is -0.271. The lowest BCUT2D eigenvalue weighted by molar-refractivity contribution is 0.252. The first-order chi connectivity index (χ1) is 10.6. The number of nitrogens with one attached hydrogen (secondary N) is 2. The summed E-state index contributed by atoms with van der Waals surface area (Å²) in [5.41, 5.74) is 9.10. The Kier molecular flexibility index (Phi) is 5.25. The molecule has 0 fully saturated rings. The Morgan fingerprint density at radius 2 is 2.00 bits per heavy atom. The second-order valence-corrected chi connectivity index (χ2v) is 5.03. The van der Waals surface area contributed by atoms with E-state index in [2.05, 4.69) is 10.6 Å². The van der Waals surface area contributed by atoms with Crippen LogP contribution in [0.5, 0.6) is 5.75 Å². The Hall–Kier alpha value is -2.69. The predicted octanol–water partition coefficient (Wildman–Crippen LogP) is 2.95. The van der Waals surface area contributed by atoms with Gasteiger partial charge in [-0.3, -0.25) is 0 Å². The van der Waals surface area contributed by atoms with Crippen molar-refractivity contribution in [3.8, 4) is 5.75 Å². The number of carbonyl (C=O) groups excluding carboxylic acids is 1. The smallest absolute Gasteiger partial charge is 0.319 e. The number of benzene rings is 2. The molecule has 4 N–H and O–H groups in total. The van der Waals surface area contributed by atoms with Gasteiger partial charge in [-0.1, -0.05) is 24.3 Å². The van der Waals surface area contributed by atoms with Crippen LogP contribution in [0.25, 0.3) is 0 Å². The highest BCUT2D eigenvalue weighted by Gasteiger charge is 2.06. The third kappa shape index (κ3) is 4.15. The van der Waals surface area contributed by atoms with Crippen molar-refractivity contribution in [2.24, 2.45) is 0 Å². The molecule has 0 aromatic heterocycles. The second kappa shape index (κ2) is 7.36. The molecule has 0 unspecified atom stereocenters. The van der Waals surface area contributed by atoms with Crippen molar-refractivity contribution in [2.75, 3.05) is 24.7 Å². The average Bonchev–Trinajstić information content (AvgIpc) is 2.51. The van der Waals surface area contributed by atoms with E-state index < -0.39 is 0 Å². The summed E-state index contributed by atoms with van der Waals surface area (Å²) in [6.07, 6.45) is 0.695. The number of hydrogen-bond acceptors (Lipinski definition) is 3. The van der Waals surface area contributed by atoms with Gasteiger partial charge in [0, 0.05) is 6.54 Å². The molecule has 0 saturated carbocycles. The van der Waals surface area contributed by atoms with E-state index in [1.807, 2.05) is 43.3 Å². The summed E-state index contributed by atoms with van der Waals surface area (Å²) < 4.78 is 5.28. The van der Waals surface area contributed by atoms with Crippen molar-refractivity contribution in [1.82, 2.24) is 5.32 Å². The molecule has 0 atom stereocenters. The fourth-order valence-electron chi connectivity index (χ4n) is 2.17. The number of rotatable bonds is 5. The molecular formula is C17H21N3O2. The molecule has 0 aliphatic carbocycles. The van der Waals surface area contributed by atoms with Crippen molar-refractivity contribution in [1.29, 1.82) is 0 Å². The molecule has 0 saturated heterocycles. The van der Waals surface area contributed by atoms with Gasteiger partial charge in [0.05, 0.1) is 18.5 Å². The minimum absolute atomic E-state index is 0.271. The maximum absolute atomic E-state index is 11.9. The first-order valence-electron chi connectivity index (χ1n) is 7.13. The molecule has 2 aromatic rings. The molecular weight excluding hydrogens is 278 g/mol. The molecule has 5 nitrogen and oxygen atoms in total. The predicted molar refractivity (Wildman–Crippen MR) is 89.3 cm³/mol. The monoisotopic (exact) mass is 299 g/mol. The molecule has 0 bridgehead atoms. The van der Waals surface area contributed by atoms with Gasteiger partial charge in [-0.2, -0.15) is 0 Å². The maximum atomic E-state index is 11.9. The largest absolute Gasteiger partial charge is 0.496 e. The zero-order valence-electron chi connectivity index (χ0n) is 12.8. The van der Waals surface area contributed by atoms with E-state index >= 15 is 0 Å². The van der Waals surface area contributed by atoms with Crippen LogP contribution < -0.4 is 21.1 Å². The number of carbonyl (C=O) groups is 1. The van der Waals surface area contributed by atoms with Crippen molar-refractivity contribution in [2.45, 2.75) is 13.3 Å². The third-order valence-corrected chi connectivity index (χ3v) is 3.33. The molecule has 0 aliphatic heterocycles. The Bertz CT molecular complexity index is 656. The third-order valence-electron chi connectivity index (χ3n) is 3.33. The van der Waals surface area contributed by atoms with Gasteiger partial charge < -0.3 is 21.1 Å². The van der Waals surface area contributed by atoms with E-state index in [0.29, 0.717) is 24.3 Å². The summed E-state index contributed by atoms with van der Waals surface area (Å²) in [5, 5.41) is 5.58. The highest BCUT2D eigenvalue weighted by molar-refractivity contribution is 5.92. The van der Waals surface area contributed by atoms with Gasteiger partial charge in [-0.15, -0.1) is 0 Å². The molecule has 0 radical (unpaired) electrons. The molecule has 2 rings (SSSR count). The molecule has 0 heterocycles. The van der Waals surface area contributed by atoms with Crippen LogP contribution in [0.4, 0.5) is 16.2 Å². The van der Waals surface area contributed by atoms with E-state index in [-0.39, 0.29) is 6.03 Å². The number of hydrogen-bond donors (Lipinski definition) is 3. The van der Waals surface area contributed by atoms with E-state index in [9.17, 15) is 4.79 Å². The summed E-state index contributed by atoms with van der Waals surface area (Å²) in [7, 11) is 1.64.